The number of alkyl halides is 1. The fourth-order valence-corrected chi connectivity index (χ4v) is 2.10. The van der Waals surface area contributed by atoms with Gasteiger partial charge in [-0.2, -0.15) is 5.26 Å². The van der Waals surface area contributed by atoms with Crippen molar-refractivity contribution in [2.45, 2.75) is 50.3 Å². The Balaban J connectivity index is 2.42. The molecule has 1 aliphatic rings. The van der Waals surface area contributed by atoms with E-state index >= 15 is 0 Å². The number of rotatable bonds is 0. The monoisotopic (exact) mass is 185 g/mol. The average molecular weight is 186 g/mol. The SMILES string of the molecule is N#CC1CCCCCCCC1Cl. The van der Waals surface area contributed by atoms with Crippen LogP contribution >= 0.6 is 11.6 Å². The number of nitrogens with zero attached hydrogens (tertiary/aromatic N) is 1. The largest absolute Gasteiger partial charge is 0.198 e. The molecule has 0 bridgehead atoms. The molecule has 0 aromatic heterocycles. The van der Waals surface area contributed by atoms with E-state index in [1.807, 2.05) is 0 Å². The van der Waals surface area contributed by atoms with Crippen LogP contribution in [0.25, 0.3) is 0 Å². The molecule has 0 saturated heterocycles. The van der Waals surface area contributed by atoms with Crippen LogP contribution in [0.3, 0.4) is 0 Å². The molecule has 0 spiro atoms. The van der Waals surface area contributed by atoms with Crippen molar-refractivity contribution in [3.05, 3.63) is 0 Å². The summed E-state index contributed by atoms with van der Waals surface area (Å²) in [5.41, 5.74) is 0. The van der Waals surface area contributed by atoms with Crippen LogP contribution in [0.5, 0.6) is 0 Å². The quantitative estimate of drug-likeness (QED) is 0.530. The molecule has 0 radical (unpaired) electrons. The lowest BCUT2D eigenvalue weighted by Gasteiger charge is -2.12. The first kappa shape index (κ1) is 9.86. The minimum atomic E-state index is 0.102. The first-order valence-corrected chi connectivity index (χ1v) is 5.32. The lowest BCUT2D eigenvalue weighted by molar-refractivity contribution is 0.528. The van der Waals surface area contributed by atoms with Gasteiger partial charge in [0.2, 0.25) is 0 Å². The van der Waals surface area contributed by atoms with Gasteiger partial charge >= 0.3 is 0 Å². The van der Waals surface area contributed by atoms with E-state index in [0.29, 0.717) is 0 Å². The highest BCUT2D eigenvalue weighted by molar-refractivity contribution is 6.20. The van der Waals surface area contributed by atoms with Gasteiger partial charge in [0.25, 0.3) is 0 Å². The zero-order valence-corrected chi connectivity index (χ0v) is 8.19. The van der Waals surface area contributed by atoms with E-state index in [4.69, 9.17) is 16.9 Å². The molecule has 0 aliphatic heterocycles. The normalized spacial score (nSPS) is 32.7. The molecule has 0 heterocycles. The Morgan fingerprint density at radius 3 is 2.25 bits per heavy atom. The maximum Gasteiger partial charge on any atom is 0.0671 e. The van der Waals surface area contributed by atoms with Crippen LogP contribution in [-0.4, -0.2) is 5.38 Å². The molecule has 0 N–H and O–H groups in total. The van der Waals surface area contributed by atoms with E-state index in [0.717, 1.165) is 12.8 Å². The summed E-state index contributed by atoms with van der Waals surface area (Å²) in [5.74, 6) is 0.102. The lowest BCUT2D eigenvalue weighted by atomic mass is 9.98. The van der Waals surface area contributed by atoms with E-state index in [1.54, 1.807) is 0 Å². The summed E-state index contributed by atoms with van der Waals surface area (Å²) < 4.78 is 0. The van der Waals surface area contributed by atoms with Crippen molar-refractivity contribution in [1.29, 1.82) is 5.26 Å². The molecule has 0 aromatic carbocycles. The Kier molecular flexibility index (Phi) is 4.46. The van der Waals surface area contributed by atoms with Crippen molar-refractivity contribution in [3.63, 3.8) is 0 Å². The van der Waals surface area contributed by atoms with Gasteiger partial charge in [-0.05, 0) is 12.8 Å². The van der Waals surface area contributed by atoms with Crippen LogP contribution in [-0.2, 0) is 0 Å². The molecule has 1 nitrogen and oxygen atoms in total. The van der Waals surface area contributed by atoms with Gasteiger partial charge in [0.1, 0.15) is 0 Å². The predicted molar refractivity (Wildman–Crippen MR) is 51.1 cm³/mol. The highest BCUT2D eigenvalue weighted by Gasteiger charge is 2.18. The van der Waals surface area contributed by atoms with E-state index in [2.05, 4.69) is 6.07 Å². The molecule has 1 rings (SSSR count). The fourth-order valence-electron chi connectivity index (χ4n) is 1.76. The Labute approximate surface area is 79.7 Å². The van der Waals surface area contributed by atoms with Crippen molar-refractivity contribution in [3.8, 4) is 6.07 Å². The molecule has 68 valence electrons. The Bertz CT molecular complexity index is 162. The summed E-state index contributed by atoms with van der Waals surface area (Å²) in [5, 5.41) is 8.94. The second-order valence-electron chi connectivity index (χ2n) is 3.60. The van der Waals surface area contributed by atoms with Gasteiger partial charge in [-0.1, -0.05) is 32.1 Å². The van der Waals surface area contributed by atoms with Crippen LogP contribution in [0.4, 0.5) is 0 Å². The van der Waals surface area contributed by atoms with E-state index in [-0.39, 0.29) is 11.3 Å². The number of halogens is 1. The predicted octanol–water partition coefficient (Wildman–Crippen LogP) is 3.48. The molecule has 1 saturated carbocycles. The molecular weight excluding hydrogens is 170 g/mol. The molecule has 1 aliphatic carbocycles. The number of hydrogen-bond donors (Lipinski definition) is 0. The summed E-state index contributed by atoms with van der Waals surface area (Å²) in [6.45, 7) is 0. The molecule has 0 amide bonds. The van der Waals surface area contributed by atoms with E-state index in [9.17, 15) is 0 Å². The van der Waals surface area contributed by atoms with Crippen LogP contribution in [0.2, 0.25) is 0 Å². The van der Waals surface area contributed by atoms with Gasteiger partial charge in [0.15, 0.2) is 0 Å². The van der Waals surface area contributed by atoms with Crippen LogP contribution in [0.1, 0.15) is 44.9 Å². The summed E-state index contributed by atoms with van der Waals surface area (Å²) in [7, 11) is 0. The van der Waals surface area contributed by atoms with E-state index < -0.39 is 0 Å². The number of nitriles is 1. The van der Waals surface area contributed by atoms with Crippen molar-refractivity contribution in [1.82, 2.24) is 0 Å². The van der Waals surface area contributed by atoms with Gasteiger partial charge in [0, 0.05) is 5.38 Å². The van der Waals surface area contributed by atoms with Gasteiger partial charge in [0.05, 0.1) is 12.0 Å². The Hall–Kier alpha value is -0.220. The van der Waals surface area contributed by atoms with Crippen LogP contribution < -0.4 is 0 Å². The first-order chi connectivity index (χ1) is 5.84. The zero-order chi connectivity index (χ0) is 8.81. The average Bonchev–Trinajstić information content (AvgIpc) is 2.17. The Morgan fingerprint density at radius 1 is 1.00 bits per heavy atom. The summed E-state index contributed by atoms with van der Waals surface area (Å²) in [6.07, 6.45) is 8.31. The molecular formula is C10H16ClN. The fraction of sp³-hybridized carbons (Fsp3) is 0.900. The van der Waals surface area contributed by atoms with Crippen LogP contribution in [0.15, 0.2) is 0 Å². The minimum Gasteiger partial charge on any atom is -0.198 e. The summed E-state index contributed by atoms with van der Waals surface area (Å²) >= 11 is 6.11. The molecule has 2 heteroatoms. The maximum absolute atomic E-state index is 8.84. The highest BCUT2D eigenvalue weighted by atomic mass is 35.5. The van der Waals surface area contributed by atoms with E-state index in [1.165, 1.54) is 32.1 Å². The number of hydrogen-bond acceptors (Lipinski definition) is 1. The minimum absolute atomic E-state index is 0.102. The molecule has 1 fully saturated rings. The molecule has 2 unspecified atom stereocenters. The summed E-state index contributed by atoms with van der Waals surface area (Å²) in [4.78, 5) is 0. The Morgan fingerprint density at radius 2 is 1.58 bits per heavy atom. The van der Waals surface area contributed by atoms with Crippen molar-refractivity contribution in [2.75, 3.05) is 0 Å². The van der Waals surface area contributed by atoms with Gasteiger partial charge in [-0.15, -0.1) is 11.6 Å². The third-order valence-electron chi connectivity index (χ3n) is 2.60. The lowest BCUT2D eigenvalue weighted by Crippen LogP contribution is -2.12. The third kappa shape index (κ3) is 3.03. The second kappa shape index (κ2) is 5.43. The third-order valence-corrected chi connectivity index (χ3v) is 3.12. The van der Waals surface area contributed by atoms with Crippen LogP contribution in [0, 0.1) is 17.2 Å². The molecule has 12 heavy (non-hydrogen) atoms. The van der Waals surface area contributed by atoms with Crippen molar-refractivity contribution >= 4 is 11.6 Å². The first-order valence-electron chi connectivity index (χ1n) is 4.88. The standard InChI is InChI=1S/C10H16ClN/c11-10-7-5-3-1-2-4-6-9(10)8-12/h9-10H,1-7H2. The van der Waals surface area contributed by atoms with Gasteiger partial charge in [-0.3, -0.25) is 0 Å². The van der Waals surface area contributed by atoms with Gasteiger partial charge in [-0.25, -0.2) is 0 Å². The molecule has 2 atom stereocenters. The molecule has 0 aromatic rings. The zero-order valence-electron chi connectivity index (χ0n) is 7.43. The maximum atomic E-state index is 8.84. The second-order valence-corrected chi connectivity index (χ2v) is 4.16. The topological polar surface area (TPSA) is 23.8 Å². The van der Waals surface area contributed by atoms with Gasteiger partial charge < -0.3 is 0 Å². The smallest absolute Gasteiger partial charge is 0.0671 e. The van der Waals surface area contributed by atoms with Crippen molar-refractivity contribution < 1.29 is 0 Å². The van der Waals surface area contributed by atoms with Crippen molar-refractivity contribution in [2.24, 2.45) is 5.92 Å². The highest BCUT2D eigenvalue weighted by Crippen LogP contribution is 2.25. The summed E-state index contributed by atoms with van der Waals surface area (Å²) in [6, 6.07) is 2.32.